The Morgan fingerprint density at radius 2 is 1.95 bits per heavy atom. The SMILES string of the molecule is CCOC(=O)C(CC)N1CCC(NCC2CC2)CC1. The van der Waals surface area contributed by atoms with E-state index in [1.165, 1.54) is 19.4 Å². The number of nitrogens with one attached hydrogen (secondary N) is 1. The van der Waals surface area contributed by atoms with Crippen LogP contribution in [-0.4, -0.2) is 49.2 Å². The minimum Gasteiger partial charge on any atom is -0.465 e. The van der Waals surface area contributed by atoms with E-state index in [0.29, 0.717) is 12.6 Å². The molecule has 1 saturated heterocycles. The fourth-order valence-corrected chi connectivity index (χ4v) is 2.88. The summed E-state index contributed by atoms with van der Waals surface area (Å²) in [6.45, 7) is 7.64. The van der Waals surface area contributed by atoms with Crippen molar-refractivity contribution < 1.29 is 9.53 Å². The van der Waals surface area contributed by atoms with E-state index in [4.69, 9.17) is 4.74 Å². The first-order valence-electron chi connectivity index (χ1n) is 7.88. The summed E-state index contributed by atoms with van der Waals surface area (Å²) < 4.78 is 5.17. The van der Waals surface area contributed by atoms with E-state index in [1.807, 2.05) is 6.92 Å². The van der Waals surface area contributed by atoms with Gasteiger partial charge < -0.3 is 10.1 Å². The highest BCUT2D eigenvalue weighted by molar-refractivity contribution is 5.75. The molecule has 2 rings (SSSR count). The summed E-state index contributed by atoms with van der Waals surface area (Å²) in [5.41, 5.74) is 0. The number of esters is 1. The number of hydrogen-bond acceptors (Lipinski definition) is 4. The van der Waals surface area contributed by atoms with E-state index in [1.54, 1.807) is 0 Å². The number of hydrogen-bond donors (Lipinski definition) is 1. The van der Waals surface area contributed by atoms with Crippen LogP contribution in [0.1, 0.15) is 46.0 Å². The zero-order valence-corrected chi connectivity index (χ0v) is 12.4. The van der Waals surface area contributed by atoms with Crippen molar-refractivity contribution in [1.82, 2.24) is 10.2 Å². The molecule has 0 spiro atoms. The molecule has 0 radical (unpaired) electrons. The molecule has 0 bridgehead atoms. The fraction of sp³-hybridized carbons (Fsp3) is 0.933. The van der Waals surface area contributed by atoms with Gasteiger partial charge in [0.05, 0.1) is 6.61 Å². The van der Waals surface area contributed by atoms with E-state index in [9.17, 15) is 4.79 Å². The van der Waals surface area contributed by atoms with Crippen molar-refractivity contribution >= 4 is 5.97 Å². The second kappa shape index (κ2) is 7.25. The summed E-state index contributed by atoms with van der Waals surface area (Å²) in [4.78, 5) is 14.2. The van der Waals surface area contributed by atoms with Gasteiger partial charge in [-0.25, -0.2) is 0 Å². The predicted molar refractivity (Wildman–Crippen MR) is 76.0 cm³/mol. The number of ether oxygens (including phenoxy) is 1. The van der Waals surface area contributed by atoms with Crippen LogP contribution >= 0.6 is 0 Å². The maximum Gasteiger partial charge on any atom is 0.323 e. The average Bonchev–Trinajstić information content (AvgIpc) is 3.23. The van der Waals surface area contributed by atoms with Crippen molar-refractivity contribution in [3.63, 3.8) is 0 Å². The zero-order valence-electron chi connectivity index (χ0n) is 12.4. The first-order chi connectivity index (χ1) is 9.24. The van der Waals surface area contributed by atoms with Gasteiger partial charge >= 0.3 is 5.97 Å². The Labute approximate surface area is 116 Å². The van der Waals surface area contributed by atoms with E-state index < -0.39 is 0 Å². The third-order valence-electron chi connectivity index (χ3n) is 4.31. The third-order valence-corrected chi connectivity index (χ3v) is 4.31. The lowest BCUT2D eigenvalue weighted by Crippen LogP contribution is -2.49. The van der Waals surface area contributed by atoms with E-state index in [0.717, 1.165) is 38.3 Å². The van der Waals surface area contributed by atoms with Crippen LogP contribution in [0, 0.1) is 5.92 Å². The molecule has 2 aliphatic rings. The van der Waals surface area contributed by atoms with Crippen molar-refractivity contribution in [3.8, 4) is 0 Å². The summed E-state index contributed by atoms with van der Waals surface area (Å²) in [7, 11) is 0. The molecule has 4 heteroatoms. The van der Waals surface area contributed by atoms with Crippen LogP contribution in [0.4, 0.5) is 0 Å². The molecule has 1 N–H and O–H groups in total. The lowest BCUT2D eigenvalue weighted by atomic mass is 10.0. The van der Waals surface area contributed by atoms with Crippen molar-refractivity contribution in [2.24, 2.45) is 5.92 Å². The van der Waals surface area contributed by atoms with Crippen LogP contribution in [0.5, 0.6) is 0 Å². The average molecular weight is 268 g/mol. The maximum atomic E-state index is 11.9. The van der Waals surface area contributed by atoms with Crippen LogP contribution in [0.25, 0.3) is 0 Å². The normalized spacial score (nSPS) is 23.3. The fourth-order valence-electron chi connectivity index (χ4n) is 2.88. The monoisotopic (exact) mass is 268 g/mol. The van der Waals surface area contributed by atoms with Crippen LogP contribution in [-0.2, 0) is 9.53 Å². The van der Waals surface area contributed by atoms with Gasteiger partial charge in [-0.05, 0) is 51.5 Å². The van der Waals surface area contributed by atoms with E-state index >= 15 is 0 Å². The van der Waals surface area contributed by atoms with E-state index in [2.05, 4.69) is 17.1 Å². The van der Waals surface area contributed by atoms with Gasteiger partial charge in [0.1, 0.15) is 6.04 Å². The summed E-state index contributed by atoms with van der Waals surface area (Å²) in [5, 5.41) is 3.67. The lowest BCUT2D eigenvalue weighted by molar-refractivity contribution is -0.150. The maximum absolute atomic E-state index is 11.9. The topological polar surface area (TPSA) is 41.6 Å². The predicted octanol–water partition coefficient (Wildman–Crippen LogP) is 1.79. The first kappa shape index (κ1) is 14.8. The zero-order chi connectivity index (χ0) is 13.7. The molecule has 0 aromatic carbocycles. The van der Waals surface area contributed by atoms with Gasteiger partial charge in [-0.3, -0.25) is 9.69 Å². The van der Waals surface area contributed by atoms with E-state index in [-0.39, 0.29) is 12.0 Å². The highest BCUT2D eigenvalue weighted by atomic mass is 16.5. The number of rotatable bonds is 7. The van der Waals surface area contributed by atoms with Crippen LogP contribution in [0.15, 0.2) is 0 Å². The molecule has 1 unspecified atom stereocenters. The molecular weight excluding hydrogens is 240 g/mol. The molecule has 1 atom stereocenters. The Bertz CT molecular complexity index is 284. The largest absolute Gasteiger partial charge is 0.465 e. The number of carbonyl (C=O) groups excluding carboxylic acids is 1. The Morgan fingerprint density at radius 3 is 2.47 bits per heavy atom. The number of likely N-dealkylation sites (tertiary alicyclic amines) is 1. The molecule has 0 aromatic heterocycles. The Hall–Kier alpha value is -0.610. The Kier molecular flexibility index (Phi) is 5.64. The van der Waals surface area contributed by atoms with Crippen LogP contribution < -0.4 is 5.32 Å². The minimum atomic E-state index is -0.0469. The van der Waals surface area contributed by atoms with Crippen molar-refractivity contribution in [2.45, 2.75) is 58.0 Å². The summed E-state index contributed by atoms with van der Waals surface area (Å²) in [6, 6.07) is 0.612. The van der Waals surface area contributed by atoms with Gasteiger partial charge in [0.15, 0.2) is 0 Å². The second-order valence-electron chi connectivity index (χ2n) is 5.84. The molecule has 1 saturated carbocycles. The smallest absolute Gasteiger partial charge is 0.323 e. The molecule has 0 aromatic rings. The molecule has 1 heterocycles. The van der Waals surface area contributed by atoms with Gasteiger partial charge in [0, 0.05) is 19.1 Å². The minimum absolute atomic E-state index is 0.0377. The standard InChI is InChI=1S/C15H28N2O2/c1-3-14(15(18)19-4-2)17-9-7-13(8-10-17)16-11-12-5-6-12/h12-14,16H,3-11H2,1-2H3. The second-order valence-corrected chi connectivity index (χ2v) is 5.84. The first-order valence-corrected chi connectivity index (χ1v) is 7.88. The van der Waals surface area contributed by atoms with Gasteiger partial charge in [0.2, 0.25) is 0 Å². The highest BCUT2D eigenvalue weighted by Crippen LogP contribution is 2.28. The lowest BCUT2D eigenvalue weighted by Gasteiger charge is -2.36. The van der Waals surface area contributed by atoms with Crippen molar-refractivity contribution in [1.29, 1.82) is 0 Å². The summed E-state index contributed by atoms with van der Waals surface area (Å²) >= 11 is 0. The Morgan fingerprint density at radius 1 is 1.26 bits per heavy atom. The van der Waals surface area contributed by atoms with Crippen LogP contribution in [0.2, 0.25) is 0 Å². The van der Waals surface area contributed by atoms with Gasteiger partial charge in [-0.15, -0.1) is 0 Å². The molecule has 1 aliphatic carbocycles. The number of nitrogens with zero attached hydrogens (tertiary/aromatic N) is 1. The molecule has 110 valence electrons. The van der Waals surface area contributed by atoms with Gasteiger partial charge in [-0.2, -0.15) is 0 Å². The Balaban J connectivity index is 1.72. The van der Waals surface area contributed by atoms with Gasteiger partial charge in [0.25, 0.3) is 0 Å². The summed E-state index contributed by atoms with van der Waals surface area (Å²) in [6.07, 6.45) is 5.98. The molecule has 2 fully saturated rings. The quantitative estimate of drug-likeness (QED) is 0.715. The molecular formula is C15H28N2O2. The van der Waals surface area contributed by atoms with Gasteiger partial charge in [-0.1, -0.05) is 6.92 Å². The molecule has 0 amide bonds. The molecule has 1 aliphatic heterocycles. The highest BCUT2D eigenvalue weighted by Gasteiger charge is 2.30. The molecule has 4 nitrogen and oxygen atoms in total. The number of carbonyl (C=O) groups is 1. The third kappa shape index (κ3) is 4.46. The van der Waals surface area contributed by atoms with Crippen LogP contribution in [0.3, 0.4) is 0 Å². The molecule has 19 heavy (non-hydrogen) atoms. The van der Waals surface area contributed by atoms with Crippen molar-refractivity contribution in [2.75, 3.05) is 26.2 Å². The summed E-state index contributed by atoms with van der Waals surface area (Å²) in [5.74, 6) is 0.898. The van der Waals surface area contributed by atoms with Crippen molar-refractivity contribution in [3.05, 3.63) is 0 Å². The number of piperidine rings is 1.